The zero-order valence-electron chi connectivity index (χ0n) is 14.2. The van der Waals surface area contributed by atoms with Crippen molar-refractivity contribution in [3.05, 3.63) is 41.5 Å². The molecule has 0 saturated carbocycles. The average Bonchev–Trinajstić information content (AvgIpc) is 2.59. The number of hydrogen-bond acceptors (Lipinski definition) is 6. The van der Waals surface area contributed by atoms with Gasteiger partial charge in [-0.3, -0.25) is 4.79 Å². The molecule has 6 nitrogen and oxygen atoms in total. The highest BCUT2D eigenvalue weighted by Crippen LogP contribution is 2.35. The SMILES string of the molecule is COc1cc(OC)c(C(=O)COc2ccc(C)cc2N)cc1OC. The first-order valence-electron chi connectivity index (χ1n) is 7.32. The first-order chi connectivity index (χ1) is 11.5. The molecule has 0 aromatic heterocycles. The molecular formula is C18H21NO5. The Balaban J connectivity index is 2.22. The number of methoxy groups -OCH3 is 3. The number of Topliss-reactive ketones (excluding diaryl/α,β-unsaturated/α-hetero) is 1. The third-order valence-electron chi connectivity index (χ3n) is 3.53. The molecule has 6 heteroatoms. The Hall–Kier alpha value is -2.89. The number of nitrogen functional groups attached to an aromatic ring is 1. The second-order valence-electron chi connectivity index (χ2n) is 5.16. The van der Waals surface area contributed by atoms with Gasteiger partial charge in [0, 0.05) is 6.07 Å². The summed E-state index contributed by atoms with van der Waals surface area (Å²) >= 11 is 0. The van der Waals surface area contributed by atoms with E-state index in [1.54, 1.807) is 24.3 Å². The lowest BCUT2D eigenvalue weighted by Crippen LogP contribution is -2.14. The van der Waals surface area contributed by atoms with Gasteiger partial charge in [-0.05, 0) is 30.7 Å². The molecule has 0 heterocycles. The fourth-order valence-corrected chi connectivity index (χ4v) is 2.27. The number of benzene rings is 2. The minimum absolute atomic E-state index is 0.168. The van der Waals surface area contributed by atoms with Crippen molar-refractivity contribution in [2.75, 3.05) is 33.7 Å². The van der Waals surface area contributed by atoms with Crippen LogP contribution < -0.4 is 24.7 Å². The maximum Gasteiger partial charge on any atom is 0.204 e. The summed E-state index contributed by atoms with van der Waals surface area (Å²) in [6, 6.07) is 8.57. The van der Waals surface area contributed by atoms with Crippen molar-refractivity contribution in [2.45, 2.75) is 6.92 Å². The first kappa shape index (κ1) is 17.5. The van der Waals surface area contributed by atoms with Crippen LogP contribution in [0.1, 0.15) is 15.9 Å². The van der Waals surface area contributed by atoms with E-state index >= 15 is 0 Å². The number of aryl methyl sites for hydroxylation is 1. The van der Waals surface area contributed by atoms with Gasteiger partial charge in [0.15, 0.2) is 18.1 Å². The number of ketones is 1. The van der Waals surface area contributed by atoms with Gasteiger partial charge in [-0.15, -0.1) is 0 Å². The lowest BCUT2D eigenvalue weighted by Gasteiger charge is -2.14. The predicted molar refractivity (Wildman–Crippen MR) is 91.5 cm³/mol. The van der Waals surface area contributed by atoms with Crippen LogP contribution >= 0.6 is 0 Å². The monoisotopic (exact) mass is 331 g/mol. The van der Waals surface area contributed by atoms with Gasteiger partial charge in [0.2, 0.25) is 5.78 Å². The van der Waals surface area contributed by atoms with Gasteiger partial charge in [-0.2, -0.15) is 0 Å². The van der Waals surface area contributed by atoms with Crippen LogP contribution in [0.4, 0.5) is 5.69 Å². The van der Waals surface area contributed by atoms with E-state index in [1.165, 1.54) is 21.3 Å². The van der Waals surface area contributed by atoms with Crippen molar-refractivity contribution in [2.24, 2.45) is 0 Å². The molecule has 2 rings (SSSR count). The fourth-order valence-electron chi connectivity index (χ4n) is 2.27. The molecule has 0 aliphatic heterocycles. The van der Waals surface area contributed by atoms with Crippen LogP contribution in [-0.2, 0) is 0 Å². The first-order valence-corrected chi connectivity index (χ1v) is 7.32. The molecule has 0 amide bonds. The number of rotatable bonds is 7. The maximum absolute atomic E-state index is 12.5. The van der Waals surface area contributed by atoms with Gasteiger partial charge in [-0.1, -0.05) is 6.07 Å². The van der Waals surface area contributed by atoms with E-state index in [0.717, 1.165) is 5.56 Å². The molecule has 0 spiro atoms. The van der Waals surface area contributed by atoms with Crippen LogP contribution in [0.2, 0.25) is 0 Å². The lowest BCUT2D eigenvalue weighted by atomic mass is 10.1. The van der Waals surface area contributed by atoms with Crippen molar-refractivity contribution >= 4 is 11.5 Å². The molecule has 0 radical (unpaired) electrons. The molecular weight excluding hydrogens is 310 g/mol. The molecule has 0 aliphatic rings. The molecule has 24 heavy (non-hydrogen) atoms. The van der Waals surface area contributed by atoms with Gasteiger partial charge in [-0.25, -0.2) is 0 Å². The molecule has 0 bridgehead atoms. The minimum atomic E-state index is -0.257. The standard InChI is InChI=1S/C18H21NO5/c1-11-5-6-15(13(19)7-11)24-10-14(20)12-8-17(22-3)18(23-4)9-16(12)21-2/h5-9H,10,19H2,1-4H3. The smallest absolute Gasteiger partial charge is 0.204 e. The molecule has 2 aromatic rings. The number of ether oxygens (including phenoxy) is 4. The fraction of sp³-hybridized carbons (Fsp3) is 0.278. The van der Waals surface area contributed by atoms with Gasteiger partial charge < -0.3 is 24.7 Å². The molecule has 0 saturated heterocycles. The Morgan fingerprint density at radius 3 is 2.12 bits per heavy atom. The van der Waals surface area contributed by atoms with E-state index < -0.39 is 0 Å². The Bertz CT molecular complexity index is 742. The number of carbonyl (C=O) groups is 1. The second kappa shape index (κ2) is 7.59. The molecule has 0 atom stereocenters. The Morgan fingerprint density at radius 1 is 0.917 bits per heavy atom. The van der Waals surface area contributed by atoms with E-state index in [2.05, 4.69) is 0 Å². The highest BCUT2D eigenvalue weighted by atomic mass is 16.5. The summed E-state index contributed by atoms with van der Waals surface area (Å²) in [7, 11) is 4.50. The maximum atomic E-state index is 12.5. The van der Waals surface area contributed by atoms with E-state index in [9.17, 15) is 4.79 Å². The van der Waals surface area contributed by atoms with E-state index in [4.69, 9.17) is 24.7 Å². The van der Waals surface area contributed by atoms with Crippen LogP contribution in [0.5, 0.6) is 23.0 Å². The van der Waals surface area contributed by atoms with Crippen LogP contribution in [0.25, 0.3) is 0 Å². The van der Waals surface area contributed by atoms with Crippen LogP contribution in [0, 0.1) is 6.92 Å². The highest BCUT2D eigenvalue weighted by molar-refractivity contribution is 6.00. The molecule has 2 aromatic carbocycles. The topological polar surface area (TPSA) is 80.0 Å². The van der Waals surface area contributed by atoms with Crippen molar-refractivity contribution in [3.63, 3.8) is 0 Å². The van der Waals surface area contributed by atoms with Crippen molar-refractivity contribution < 1.29 is 23.7 Å². The lowest BCUT2D eigenvalue weighted by molar-refractivity contribution is 0.0918. The number of nitrogens with two attached hydrogens (primary N) is 1. The summed E-state index contributed by atoms with van der Waals surface area (Å²) in [4.78, 5) is 12.5. The molecule has 128 valence electrons. The van der Waals surface area contributed by atoms with Crippen LogP contribution in [-0.4, -0.2) is 33.7 Å². The van der Waals surface area contributed by atoms with E-state index in [-0.39, 0.29) is 12.4 Å². The molecule has 0 unspecified atom stereocenters. The highest BCUT2D eigenvalue weighted by Gasteiger charge is 2.18. The third kappa shape index (κ3) is 3.71. The van der Waals surface area contributed by atoms with E-state index in [1.807, 2.05) is 13.0 Å². The zero-order chi connectivity index (χ0) is 17.7. The van der Waals surface area contributed by atoms with Gasteiger partial charge >= 0.3 is 0 Å². The van der Waals surface area contributed by atoms with Crippen molar-refractivity contribution in [1.29, 1.82) is 0 Å². The Labute approximate surface area is 141 Å². The number of hydrogen-bond donors (Lipinski definition) is 1. The minimum Gasteiger partial charge on any atom is -0.496 e. The normalized spacial score (nSPS) is 10.2. The van der Waals surface area contributed by atoms with Gasteiger partial charge in [0.1, 0.15) is 11.5 Å². The van der Waals surface area contributed by atoms with Gasteiger partial charge in [0.05, 0.1) is 32.6 Å². The summed E-state index contributed by atoms with van der Waals surface area (Å²) in [6.45, 7) is 1.76. The summed E-state index contributed by atoms with van der Waals surface area (Å²) in [5.41, 5.74) is 7.75. The van der Waals surface area contributed by atoms with Crippen LogP contribution in [0.15, 0.2) is 30.3 Å². The molecule has 0 aliphatic carbocycles. The average molecular weight is 331 g/mol. The number of anilines is 1. The predicted octanol–water partition coefficient (Wildman–Crippen LogP) is 2.86. The largest absolute Gasteiger partial charge is 0.496 e. The van der Waals surface area contributed by atoms with E-state index in [0.29, 0.717) is 34.2 Å². The van der Waals surface area contributed by atoms with Crippen molar-refractivity contribution in [3.8, 4) is 23.0 Å². The van der Waals surface area contributed by atoms with Gasteiger partial charge in [0.25, 0.3) is 0 Å². The Morgan fingerprint density at radius 2 is 1.54 bits per heavy atom. The van der Waals surface area contributed by atoms with Crippen molar-refractivity contribution in [1.82, 2.24) is 0 Å². The number of carbonyl (C=O) groups excluding carboxylic acids is 1. The van der Waals surface area contributed by atoms with Crippen LogP contribution in [0.3, 0.4) is 0 Å². The third-order valence-corrected chi connectivity index (χ3v) is 3.53. The summed E-state index contributed by atoms with van der Waals surface area (Å²) in [6.07, 6.45) is 0. The summed E-state index contributed by atoms with van der Waals surface area (Å²) in [5, 5.41) is 0. The molecule has 2 N–H and O–H groups in total. The summed E-state index contributed by atoms with van der Waals surface area (Å²) in [5.74, 6) is 1.52. The summed E-state index contributed by atoms with van der Waals surface area (Å²) < 4.78 is 21.2. The molecule has 0 fully saturated rings. The second-order valence-corrected chi connectivity index (χ2v) is 5.16. The Kier molecular flexibility index (Phi) is 5.52. The quantitative estimate of drug-likeness (QED) is 0.621. The zero-order valence-corrected chi connectivity index (χ0v) is 14.2.